The predicted octanol–water partition coefficient (Wildman–Crippen LogP) is 1.68. The number of aryl methyl sites for hydroxylation is 1. The van der Waals surface area contributed by atoms with Crippen molar-refractivity contribution in [1.82, 2.24) is 20.2 Å². The Morgan fingerprint density at radius 2 is 1.94 bits per heavy atom. The van der Waals surface area contributed by atoms with Gasteiger partial charge in [-0.2, -0.15) is 0 Å². The number of nitrogens with zero attached hydrogens (tertiary/aromatic N) is 1. The van der Waals surface area contributed by atoms with Crippen molar-refractivity contribution in [3.8, 4) is 5.75 Å². The summed E-state index contributed by atoms with van der Waals surface area (Å²) in [5, 5.41) is 13.6. The van der Waals surface area contributed by atoms with E-state index in [1.807, 2.05) is 29.2 Å². The van der Waals surface area contributed by atoms with Crippen LogP contribution in [0.3, 0.4) is 0 Å². The van der Waals surface area contributed by atoms with Crippen molar-refractivity contribution in [2.45, 2.75) is 31.9 Å². The van der Waals surface area contributed by atoms with E-state index in [-0.39, 0.29) is 24.2 Å². The van der Waals surface area contributed by atoms with Gasteiger partial charge >= 0.3 is 5.69 Å². The van der Waals surface area contributed by atoms with Crippen LogP contribution in [0.2, 0.25) is 0 Å². The molecule has 9 nitrogen and oxygen atoms in total. The van der Waals surface area contributed by atoms with Gasteiger partial charge in [-0.1, -0.05) is 18.2 Å². The van der Waals surface area contributed by atoms with E-state index < -0.39 is 6.10 Å². The lowest BCUT2D eigenvalue weighted by Crippen LogP contribution is -2.40. The van der Waals surface area contributed by atoms with Crippen LogP contribution < -0.4 is 15.7 Å². The molecule has 2 aromatic carbocycles. The summed E-state index contributed by atoms with van der Waals surface area (Å²) in [5.41, 5.74) is 2.85. The second-order valence-electron chi connectivity index (χ2n) is 8.67. The lowest BCUT2D eigenvalue weighted by molar-refractivity contribution is 0.0303. The number of ether oxygens (including phenoxy) is 2. The molecule has 0 aliphatic carbocycles. The van der Waals surface area contributed by atoms with Crippen molar-refractivity contribution < 1.29 is 19.4 Å². The zero-order valence-corrected chi connectivity index (χ0v) is 19.4. The molecule has 1 aliphatic heterocycles. The molecule has 4 N–H and O–H groups in total. The topological polar surface area (TPSA) is 120 Å². The van der Waals surface area contributed by atoms with Crippen LogP contribution in [0, 0.1) is 0 Å². The third-order valence-electron chi connectivity index (χ3n) is 6.01. The van der Waals surface area contributed by atoms with Crippen LogP contribution in [0.1, 0.15) is 29.3 Å². The summed E-state index contributed by atoms with van der Waals surface area (Å²) >= 11 is 0. The van der Waals surface area contributed by atoms with Crippen molar-refractivity contribution in [2.75, 3.05) is 39.5 Å². The van der Waals surface area contributed by atoms with Gasteiger partial charge in [0, 0.05) is 31.2 Å². The predicted molar refractivity (Wildman–Crippen MR) is 129 cm³/mol. The standard InChI is InChI=1S/C25H32N4O5/c1-17(5-6-18-7-9-19(10-8-18)24(31)29-11-13-33-14-12-29)26-15-20(30)16-34-22-4-2-3-21-23(22)28-25(32)27-21/h2-4,7-10,17,20,26,30H,5-6,11-16H2,1H3,(H2,27,28,32). The summed E-state index contributed by atoms with van der Waals surface area (Å²) < 4.78 is 11.0. The molecule has 4 rings (SSSR count). The van der Waals surface area contributed by atoms with Crippen molar-refractivity contribution in [2.24, 2.45) is 0 Å². The lowest BCUT2D eigenvalue weighted by Gasteiger charge is -2.26. The minimum absolute atomic E-state index is 0.0557. The quantitative estimate of drug-likeness (QED) is 0.359. The van der Waals surface area contributed by atoms with Gasteiger partial charge in [0.1, 0.15) is 24.0 Å². The highest BCUT2D eigenvalue weighted by Gasteiger charge is 2.18. The van der Waals surface area contributed by atoms with Crippen LogP contribution in [0.4, 0.5) is 0 Å². The van der Waals surface area contributed by atoms with Gasteiger partial charge in [0.05, 0.1) is 18.7 Å². The first kappa shape index (κ1) is 24.0. The molecule has 34 heavy (non-hydrogen) atoms. The molecule has 0 spiro atoms. The van der Waals surface area contributed by atoms with E-state index in [9.17, 15) is 14.7 Å². The van der Waals surface area contributed by atoms with Gasteiger partial charge in [0.2, 0.25) is 0 Å². The number of imidazole rings is 1. The molecule has 182 valence electrons. The van der Waals surface area contributed by atoms with Crippen LogP contribution in [0.25, 0.3) is 11.0 Å². The van der Waals surface area contributed by atoms with E-state index in [1.165, 1.54) is 5.56 Å². The Hall–Kier alpha value is -3.14. The normalized spacial score (nSPS) is 15.9. The average Bonchev–Trinajstić information content (AvgIpc) is 3.26. The number of carbonyl (C=O) groups is 1. The summed E-state index contributed by atoms with van der Waals surface area (Å²) in [7, 11) is 0. The fraction of sp³-hybridized carbons (Fsp3) is 0.440. The maximum absolute atomic E-state index is 12.5. The summed E-state index contributed by atoms with van der Waals surface area (Å²) in [6, 6.07) is 13.3. The number of benzene rings is 2. The molecule has 2 atom stereocenters. The zero-order chi connectivity index (χ0) is 23.9. The maximum atomic E-state index is 12.5. The van der Waals surface area contributed by atoms with Gasteiger partial charge in [0.25, 0.3) is 5.91 Å². The molecule has 1 aliphatic rings. The molecular weight excluding hydrogens is 436 g/mol. The number of nitrogens with one attached hydrogen (secondary N) is 3. The number of aromatic nitrogens is 2. The van der Waals surface area contributed by atoms with Crippen molar-refractivity contribution >= 4 is 16.9 Å². The van der Waals surface area contributed by atoms with Gasteiger partial charge in [-0.3, -0.25) is 4.79 Å². The molecule has 1 fully saturated rings. The third kappa shape index (κ3) is 6.25. The summed E-state index contributed by atoms with van der Waals surface area (Å²) in [6.07, 6.45) is 1.08. The van der Waals surface area contributed by atoms with E-state index in [0.29, 0.717) is 55.2 Å². The Morgan fingerprint density at radius 3 is 2.71 bits per heavy atom. The highest BCUT2D eigenvalue weighted by atomic mass is 16.5. The number of amides is 1. The molecule has 3 aromatic rings. The molecule has 1 saturated heterocycles. The number of morpholine rings is 1. The number of para-hydroxylation sites is 1. The van der Waals surface area contributed by atoms with Crippen LogP contribution in [-0.2, 0) is 11.2 Å². The van der Waals surface area contributed by atoms with Gasteiger partial charge in [-0.05, 0) is 49.6 Å². The molecule has 2 heterocycles. The second kappa shape index (κ2) is 11.3. The molecule has 1 amide bonds. The molecule has 9 heteroatoms. The number of aliphatic hydroxyl groups is 1. The molecule has 0 bridgehead atoms. The number of fused-ring (bicyclic) bond motifs is 1. The molecular formula is C25H32N4O5. The Bertz CT molecular complexity index is 1130. The fourth-order valence-electron chi connectivity index (χ4n) is 3.98. The third-order valence-corrected chi connectivity index (χ3v) is 6.01. The van der Waals surface area contributed by atoms with Crippen LogP contribution in [0.5, 0.6) is 5.75 Å². The van der Waals surface area contributed by atoms with Crippen LogP contribution in [0.15, 0.2) is 47.3 Å². The summed E-state index contributed by atoms with van der Waals surface area (Å²) in [5.74, 6) is 0.582. The second-order valence-corrected chi connectivity index (χ2v) is 8.67. The SMILES string of the molecule is CC(CCc1ccc(C(=O)N2CCOCC2)cc1)NCC(O)COc1cccc2[nH]c(=O)[nH]c12. The molecule has 2 unspecified atom stereocenters. The number of hydrogen-bond acceptors (Lipinski definition) is 6. The largest absolute Gasteiger partial charge is 0.489 e. The molecule has 0 saturated carbocycles. The number of aliphatic hydroxyl groups excluding tert-OH is 1. The average molecular weight is 469 g/mol. The Kier molecular flexibility index (Phi) is 7.99. The van der Waals surface area contributed by atoms with Crippen molar-refractivity contribution in [3.63, 3.8) is 0 Å². The van der Waals surface area contributed by atoms with Crippen molar-refractivity contribution in [1.29, 1.82) is 0 Å². The monoisotopic (exact) mass is 468 g/mol. The Morgan fingerprint density at radius 1 is 1.18 bits per heavy atom. The highest BCUT2D eigenvalue weighted by molar-refractivity contribution is 5.94. The van der Waals surface area contributed by atoms with Crippen LogP contribution >= 0.6 is 0 Å². The van der Waals surface area contributed by atoms with E-state index in [0.717, 1.165) is 12.8 Å². The highest BCUT2D eigenvalue weighted by Crippen LogP contribution is 2.21. The number of H-pyrrole nitrogens is 2. The van der Waals surface area contributed by atoms with E-state index in [4.69, 9.17) is 9.47 Å². The van der Waals surface area contributed by atoms with E-state index >= 15 is 0 Å². The number of aromatic amines is 2. The molecule has 0 radical (unpaired) electrons. The summed E-state index contributed by atoms with van der Waals surface area (Å²) in [6.45, 7) is 5.07. The van der Waals surface area contributed by atoms with E-state index in [2.05, 4.69) is 22.2 Å². The summed E-state index contributed by atoms with van der Waals surface area (Å²) in [4.78, 5) is 31.2. The minimum Gasteiger partial charge on any atom is -0.489 e. The van der Waals surface area contributed by atoms with Gasteiger partial charge in [-0.15, -0.1) is 0 Å². The first-order valence-electron chi connectivity index (χ1n) is 11.7. The lowest BCUT2D eigenvalue weighted by atomic mass is 10.0. The number of carbonyl (C=O) groups excluding carboxylic acids is 1. The first-order chi connectivity index (χ1) is 16.5. The van der Waals surface area contributed by atoms with Crippen LogP contribution in [-0.4, -0.2) is 77.5 Å². The maximum Gasteiger partial charge on any atom is 0.323 e. The first-order valence-corrected chi connectivity index (χ1v) is 11.7. The van der Waals surface area contributed by atoms with Crippen molar-refractivity contribution in [3.05, 3.63) is 64.1 Å². The molecule has 1 aromatic heterocycles. The fourth-order valence-corrected chi connectivity index (χ4v) is 3.98. The minimum atomic E-state index is -0.686. The zero-order valence-electron chi connectivity index (χ0n) is 19.4. The Labute approximate surface area is 198 Å². The Balaban J connectivity index is 1.17. The number of rotatable bonds is 10. The van der Waals surface area contributed by atoms with E-state index in [1.54, 1.807) is 18.2 Å². The smallest absolute Gasteiger partial charge is 0.323 e. The van der Waals surface area contributed by atoms with Gasteiger partial charge < -0.3 is 34.8 Å². The van der Waals surface area contributed by atoms with Gasteiger partial charge in [0.15, 0.2) is 0 Å². The van der Waals surface area contributed by atoms with Gasteiger partial charge in [-0.25, -0.2) is 4.79 Å². The number of hydrogen-bond donors (Lipinski definition) is 4.